The van der Waals surface area contributed by atoms with E-state index >= 15 is 0 Å². The van der Waals surface area contributed by atoms with E-state index in [1.54, 1.807) is 27.7 Å². The summed E-state index contributed by atoms with van der Waals surface area (Å²) in [6.07, 6.45) is -1.09. The molecule has 0 bridgehead atoms. The molecule has 0 saturated heterocycles. The maximum Gasteiger partial charge on any atom is 0.408 e. The lowest BCUT2D eigenvalue weighted by Gasteiger charge is -2.22. The number of rotatable bonds is 2. The highest BCUT2D eigenvalue weighted by atomic mass is 32.1. The lowest BCUT2D eigenvalue weighted by atomic mass is 10.2. The van der Waals surface area contributed by atoms with Crippen LogP contribution in [-0.2, 0) is 9.47 Å². The second-order valence-electron chi connectivity index (χ2n) is 4.42. The fourth-order valence-electron chi connectivity index (χ4n) is 1.02. The van der Waals surface area contributed by atoms with Crippen LogP contribution in [0.1, 0.15) is 27.7 Å². The summed E-state index contributed by atoms with van der Waals surface area (Å²) in [6.45, 7) is 7.11. The minimum Gasteiger partial charge on any atom is -0.444 e. The molecule has 1 aliphatic heterocycles. The van der Waals surface area contributed by atoms with E-state index in [2.05, 4.69) is 27.8 Å². The molecule has 90 valence electrons. The first-order chi connectivity index (χ1) is 7.28. The summed E-state index contributed by atoms with van der Waals surface area (Å²) in [6, 6.07) is -0.348. The third-order valence-corrected chi connectivity index (χ3v) is 1.82. The van der Waals surface area contributed by atoms with Gasteiger partial charge in [0, 0.05) is 0 Å². The van der Waals surface area contributed by atoms with Crippen molar-refractivity contribution < 1.29 is 14.3 Å². The van der Waals surface area contributed by atoms with Crippen LogP contribution >= 0.6 is 12.2 Å². The molecule has 2 atom stereocenters. The van der Waals surface area contributed by atoms with Crippen molar-refractivity contribution in [1.82, 2.24) is 5.32 Å². The molecule has 1 N–H and O–H groups in total. The summed E-state index contributed by atoms with van der Waals surface area (Å²) in [5, 5.41) is 10.0. The van der Waals surface area contributed by atoms with Crippen LogP contribution in [0.5, 0.6) is 0 Å². The number of alkyl carbamates (subject to hydrolysis) is 1. The van der Waals surface area contributed by atoms with E-state index in [0.29, 0.717) is 0 Å². The van der Waals surface area contributed by atoms with E-state index < -0.39 is 17.9 Å². The molecule has 6 nitrogen and oxygen atoms in total. The maximum absolute atomic E-state index is 11.4. The zero-order valence-corrected chi connectivity index (χ0v) is 10.5. The molecule has 1 unspecified atom stereocenters. The normalized spacial score (nSPS) is 21.5. The van der Waals surface area contributed by atoms with E-state index in [9.17, 15) is 4.79 Å². The average Bonchev–Trinajstić information content (AvgIpc) is 2.47. The van der Waals surface area contributed by atoms with Gasteiger partial charge in [0.05, 0.1) is 6.04 Å². The van der Waals surface area contributed by atoms with Gasteiger partial charge in [-0.05, 0) is 39.9 Å². The van der Waals surface area contributed by atoms with Crippen LogP contribution in [-0.4, -0.2) is 29.1 Å². The Bertz CT molecular complexity index is 324. The predicted molar refractivity (Wildman–Crippen MR) is 61.2 cm³/mol. The first kappa shape index (κ1) is 12.8. The van der Waals surface area contributed by atoms with Gasteiger partial charge in [-0.25, -0.2) is 4.79 Å². The van der Waals surface area contributed by atoms with Gasteiger partial charge in [0.2, 0.25) is 6.23 Å². The fraction of sp³-hybridized carbons (Fsp3) is 0.778. The topological polar surface area (TPSA) is 72.3 Å². The fourth-order valence-corrected chi connectivity index (χ4v) is 1.17. The third-order valence-electron chi connectivity index (χ3n) is 1.65. The molecule has 1 rings (SSSR count). The minimum atomic E-state index is -0.569. The van der Waals surface area contributed by atoms with Crippen LogP contribution in [0.2, 0.25) is 0 Å². The molecule has 1 amide bonds. The number of azo groups is 1. The van der Waals surface area contributed by atoms with E-state index in [0.717, 1.165) is 0 Å². The molecular weight excluding hydrogens is 230 g/mol. The van der Waals surface area contributed by atoms with Crippen molar-refractivity contribution in [2.24, 2.45) is 10.2 Å². The predicted octanol–water partition coefficient (Wildman–Crippen LogP) is 1.99. The van der Waals surface area contributed by atoms with Gasteiger partial charge in [0.1, 0.15) is 5.60 Å². The van der Waals surface area contributed by atoms with Gasteiger partial charge < -0.3 is 14.8 Å². The van der Waals surface area contributed by atoms with Crippen molar-refractivity contribution in [2.45, 2.75) is 45.6 Å². The molecule has 1 aliphatic rings. The smallest absolute Gasteiger partial charge is 0.408 e. The van der Waals surface area contributed by atoms with Gasteiger partial charge in [0.25, 0.3) is 0 Å². The molecule has 0 aromatic carbocycles. The second kappa shape index (κ2) is 4.73. The van der Waals surface area contributed by atoms with Gasteiger partial charge in [-0.1, -0.05) is 0 Å². The van der Waals surface area contributed by atoms with E-state index in [-0.39, 0.29) is 11.2 Å². The quantitative estimate of drug-likeness (QED) is 0.755. The van der Waals surface area contributed by atoms with Crippen molar-refractivity contribution in [3.63, 3.8) is 0 Å². The van der Waals surface area contributed by atoms with Crippen molar-refractivity contribution in [3.8, 4) is 0 Å². The van der Waals surface area contributed by atoms with Gasteiger partial charge in [0.15, 0.2) is 0 Å². The number of ether oxygens (including phenoxy) is 2. The first-order valence-corrected chi connectivity index (χ1v) is 5.30. The highest BCUT2D eigenvalue weighted by Gasteiger charge is 2.27. The van der Waals surface area contributed by atoms with Gasteiger partial charge >= 0.3 is 11.3 Å². The number of nitrogens with zero attached hydrogens (tertiary/aromatic N) is 2. The summed E-state index contributed by atoms with van der Waals surface area (Å²) in [4.78, 5) is 11.4. The Morgan fingerprint density at radius 1 is 1.62 bits per heavy atom. The SMILES string of the molecule is C[C@H](NC(=O)OC(C)(C)C)C1N=NC(=S)O1. The Hall–Kier alpha value is -1.24. The molecule has 0 spiro atoms. The highest BCUT2D eigenvalue weighted by Crippen LogP contribution is 2.12. The Morgan fingerprint density at radius 3 is 2.69 bits per heavy atom. The molecule has 0 aromatic heterocycles. The van der Waals surface area contributed by atoms with Crippen LogP contribution in [0, 0.1) is 0 Å². The van der Waals surface area contributed by atoms with Gasteiger partial charge in [-0.3, -0.25) is 0 Å². The van der Waals surface area contributed by atoms with Crippen LogP contribution in [0.15, 0.2) is 10.2 Å². The van der Waals surface area contributed by atoms with Crippen molar-refractivity contribution in [2.75, 3.05) is 0 Å². The third kappa shape index (κ3) is 4.09. The zero-order chi connectivity index (χ0) is 12.3. The number of carbonyl (C=O) groups is 1. The average molecular weight is 245 g/mol. The van der Waals surface area contributed by atoms with E-state index in [1.165, 1.54) is 0 Å². The standard InChI is InChI=1S/C9H15N3O3S/c1-5(6-11-12-8(16)14-6)10-7(13)15-9(2,3)4/h5-6H,1-4H3,(H,10,13)/t5-,6?/m0/s1. The Labute approximate surface area is 99.4 Å². The molecule has 16 heavy (non-hydrogen) atoms. The van der Waals surface area contributed by atoms with Crippen LogP contribution in [0.25, 0.3) is 0 Å². The van der Waals surface area contributed by atoms with Crippen LogP contribution < -0.4 is 5.32 Å². The van der Waals surface area contributed by atoms with Crippen molar-refractivity contribution >= 4 is 23.5 Å². The van der Waals surface area contributed by atoms with Crippen LogP contribution in [0.4, 0.5) is 4.79 Å². The van der Waals surface area contributed by atoms with E-state index in [1.807, 2.05) is 0 Å². The number of thiocarbonyl (C=S) groups is 1. The number of amides is 1. The van der Waals surface area contributed by atoms with Gasteiger partial charge in [-0.15, -0.1) is 10.2 Å². The summed E-state index contributed by atoms with van der Waals surface area (Å²) in [5.41, 5.74) is -0.531. The first-order valence-electron chi connectivity index (χ1n) is 4.89. The number of hydrogen-bond acceptors (Lipinski definition) is 5. The molecule has 0 radical (unpaired) electrons. The summed E-state index contributed by atoms with van der Waals surface area (Å²) < 4.78 is 10.2. The summed E-state index contributed by atoms with van der Waals surface area (Å²) in [5.74, 6) is 0. The van der Waals surface area contributed by atoms with Crippen molar-refractivity contribution in [3.05, 3.63) is 0 Å². The van der Waals surface area contributed by atoms with Gasteiger partial charge in [-0.2, -0.15) is 0 Å². The van der Waals surface area contributed by atoms with E-state index in [4.69, 9.17) is 9.47 Å². The monoisotopic (exact) mass is 245 g/mol. The second-order valence-corrected chi connectivity index (χ2v) is 4.77. The largest absolute Gasteiger partial charge is 0.444 e. The number of hydrogen-bond donors (Lipinski definition) is 1. The molecule has 7 heteroatoms. The summed E-state index contributed by atoms with van der Waals surface area (Å²) in [7, 11) is 0. The maximum atomic E-state index is 11.4. The minimum absolute atomic E-state index is 0.0860. The lowest BCUT2D eigenvalue weighted by Crippen LogP contribution is -2.43. The molecule has 0 saturated carbocycles. The number of nitrogens with one attached hydrogen (secondary N) is 1. The Kier molecular flexibility index (Phi) is 3.79. The Balaban J connectivity index is 2.40. The molecule has 0 fully saturated rings. The molecule has 0 aliphatic carbocycles. The highest BCUT2D eigenvalue weighted by molar-refractivity contribution is 7.80. The van der Waals surface area contributed by atoms with Crippen molar-refractivity contribution in [1.29, 1.82) is 0 Å². The molecule has 1 heterocycles. The lowest BCUT2D eigenvalue weighted by molar-refractivity contribution is 0.0461. The zero-order valence-electron chi connectivity index (χ0n) is 9.68. The van der Waals surface area contributed by atoms with Crippen LogP contribution in [0.3, 0.4) is 0 Å². The molecular formula is C9H15N3O3S. The number of carbonyl (C=O) groups excluding carboxylic acids is 1. The summed E-state index contributed by atoms with van der Waals surface area (Å²) >= 11 is 4.69. The Morgan fingerprint density at radius 2 is 2.25 bits per heavy atom. The molecule has 0 aromatic rings.